The lowest BCUT2D eigenvalue weighted by Gasteiger charge is -2.27. The van der Waals surface area contributed by atoms with E-state index in [2.05, 4.69) is 20.6 Å². The number of hydrogen-bond acceptors (Lipinski definition) is 4. The van der Waals surface area contributed by atoms with Gasteiger partial charge >= 0.3 is 5.97 Å². The number of aromatic nitrogens is 2. The van der Waals surface area contributed by atoms with Gasteiger partial charge in [-0.15, -0.1) is 0 Å². The Labute approximate surface area is 126 Å². The van der Waals surface area contributed by atoms with Crippen molar-refractivity contribution in [3.05, 3.63) is 17.7 Å². The van der Waals surface area contributed by atoms with Gasteiger partial charge in [-0.3, -0.25) is 14.4 Å². The maximum absolute atomic E-state index is 12.4. The molecule has 2 aliphatic rings. The van der Waals surface area contributed by atoms with Gasteiger partial charge in [-0.25, -0.2) is 4.98 Å². The zero-order valence-electron chi connectivity index (χ0n) is 12.2. The molecular weight excluding hydrogens is 288 g/mol. The summed E-state index contributed by atoms with van der Waals surface area (Å²) in [6, 6.07) is 0. The van der Waals surface area contributed by atoms with E-state index in [1.807, 2.05) is 0 Å². The first-order valence-corrected chi connectivity index (χ1v) is 7.23. The summed E-state index contributed by atoms with van der Waals surface area (Å²) in [5.74, 6) is -1.65. The van der Waals surface area contributed by atoms with Crippen LogP contribution in [0.15, 0.2) is 6.33 Å². The van der Waals surface area contributed by atoms with Crippen LogP contribution in [0.5, 0.6) is 0 Å². The second-order valence-corrected chi connectivity index (χ2v) is 6.20. The Kier molecular flexibility index (Phi) is 3.19. The molecule has 0 spiro atoms. The summed E-state index contributed by atoms with van der Waals surface area (Å²) in [5.41, 5.74) is -1.05. The van der Waals surface area contributed by atoms with E-state index in [1.54, 1.807) is 0 Å². The highest BCUT2D eigenvalue weighted by atomic mass is 16.4. The summed E-state index contributed by atoms with van der Waals surface area (Å²) < 4.78 is 0. The summed E-state index contributed by atoms with van der Waals surface area (Å²) in [4.78, 5) is 42.1. The topological polar surface area (TPSA) is 124 Å². The number of carboxylic acid groups (broad SMARTS) is 1. The number of amides is 2. The molecule has 0 saturated heterocycles. The molecule has 8 nitrogen and oxygen atoms in total. The largest absolute Gasteiger partial charge is 0.481 e. The van der Waals surface area contributed by atoms with Crippen molar-refractivity contribution in [3.8, 4) is 0 Å². The monoisotopic (exact) mass is 306 g/mol. The van der Waals surface area contributed by atoms with Crippen molar-refractivity contribution >= 4 is 17.8 Å². The smallest absolute Gasteiger partial charge is 0.309 e. The molecule has 0 aromatic carbocycles. The van der Waals surface area contributed by atoms with Crippen LogP contribution >= 0.6 is 0 Å². The molecule has 22 heavy (non-hydrogen) atoms. The Morgan fingerprint density at radius 1 is 1.23 bits per heavy atom. The van der Waals surface area contributed by atoms with Crippen molar-refractivity contribution in [3.63, 3.8) is 0 Å². The maximum Gasteiger partial charge on any atom is 0.309 e. The van der Waals surface area contributed by atoms with E-state index in [9.17, 15) is 19.5 Å². The highest BCUT2D eigenvalue weighted by Gasteiger charge is 2.59. The van der Waals surface area contributed by atoms with Crippen LogP contribution in [-0.4, -0.2) is 45.4 Å². The van der Waals surface area contributed by atoms with Gasteiger partial charge in [0.05, 0.1) is 11.7 Å². The van der Waals surface area contributed by atoms with Crippen molar-refractivity contribution in [2.24, 2.45) is 5.41 Å². The molecule has 2 saturated carbocycles. The summed E-state index contributed by atoms with van der Waals surface area (Å²) >= 11 is 0. The van der Waals surface area contributed by atoms with Crippen LogP contribution in [0.2, 0.25) is 0 Å². The third-order valence-corrected chi connectivity index (χ3v) is 4.98. The van der Waals surface area contributed by atoms with Crippen molar-refractivity contribution in [1.29, 1.82) is 0 Å². The number of aliphatic carboxylic acids is 1. The molecule has 0 radical (unpaired) electrons. The van der Waals surface area contributed by atoms with E-state index in [-0.39, 0.29) is 11.4 Å². The molecule has 2 aliphatic carbocycles. The lowest BCUT2D eigenvalue weighted by atomic mass is 9.84. The number of nitrogens with zero attached hydrogens (tertiary/aromatic N) is 1. The highest BCUT2D eigenvalue weighted by molar-refractivity contribution is 6.05. The van der Waals surface area contributed by atoms with Gasteiger partial charge in [0.25, 0.3) is 11.8 Å². The number of carboxylic acids is 1. The predicted octanol–water partition coefficient (Wildman–Crippen LogP) is 0.287. The normalized spacial score (nSPS) is 29.3. The van der Waals surface area contributed by atoms with E-state index < -0.39 is 28.7 Å². The Morgan fingerprint density at radius 2 is 1.91 bits per heavy atom. The summed E-state index contributed by atoms with van der Waals surface area (Å²) in [5, 5.41) is 14.8. The number of rotatable bonds is 4. The van der Waals surface area contributed by atoms with E-state index in [0.717, 1.165) is 0 Å². The summed E-state index contributed by atoms with van der Waals surface area (Å²) in [7, 11) is 1.47. The lowest BCUT2D eigenvalue weighted by molar-refractivity contribution is -0.148. The quantitative estimate of drug-likeness (QED) is 0.636. The van der Waals surface area contributed by atoms with Crippen LogP contribution in [0.25, 0.3) is 0 Å². The molecule has 0 atom stereocenters. The highest BCUT2D eigenvalue weighted by Crippen LogP contribution is 2.56. The number of fused-ring (bicyclic) bond motifs is 2. The van der Waals surface area contributed by atoms with Gasteiger partial charge in [0.15, 0.2) is 5.69 Å². The molecule has 1 heterocycles. The number of aromatic amines is 1. The van der Waals surface area contributed by atoms with Crippen molar-refractivity contribution in [2.45, 2.75) is 37.6 Å². The summed E-state index contributed by atoms with van der Waals surface area (Å²) in [6.07, 6.45) is 4.18. The maximum atomic E-state index is 12.4. The Bertz CT molecular complexity index is 643. The molecule has 118 valence electrons. The van der Waals surface area contributed by atoms with E-state index >= 15 is 0 Å². The number of carbonyl (C=O) groups excluding carboxylic acids is 2. The van der Waals surface area contributed by atoms with Gasteiger partial charge in [-0.2, -0.15) is 0 Å². The molecule has 0 unspecified atom stereocenters. The van der Waals surface area contributed by atoms with Gasteiger partial charge in [0.2, 0.25) is 0 Å². The number of carbonyl (C=O) groups is 3. The lowest BCUT2D eigenvalue weighted by Crippen LogP contribution is -2.45. The second-order valence-electron chi connectivity index (χ2n) is 6.20. The molecule has 0 aliphatic heterocycles. The first-order valence-electron chi connectivity index (χ1n) is 7.23. The minimum Gasteiger partial charge on any atom is -0.481 e. The van der Waals surface area contributed by atoms with Crippen LogP contribution in [0.4, 0.5) is 0 Å². The van der Waals surface area contributed by atoms with Crippen LogP contribution in [0, 0.1) is 5.41 Å². The molecule has 3 rings (SSSR count). The zero-order valence-corrected chi connectivity index (χ0v) is 12.2. The van der Waals surface area contributed by atoms with Crippen LogP contribution in [-0.2, 0) is 4.79 Å². The number of hydrogen-bond donors (Lipinski definition) is 4. The average Bonchev–Trinajstić information content (AvgIpc) is 3.19. The minimum absolute atomic E-state index is 0.0356. The Hall–Kier alpha value is -2.38. The third-order valence-electron chi connectivity index (χ3n) is 4.98. The zero-order chi connectivity index (χ0) is 16.0. The fourth-order valence-electron chi connectivity index (χ4n) is 3.73. The first kappa shape index (κ1) is 14.6. The van der Waals surface area contributed by atoms with Gasteiger partial charge < -0.3 is 20.7 Å². The second kappa shape index (κ2) is 4.82. The number of H-pyrrole nitrogens is 1. The molecule has 2 fully saturated rings. The molecular formula is C14H18N4O4. The van der Waals surface area contributed by atoms with Gasteiger partial charge in [-0.05, 0) is 32.1 Å². The SMILES string of the molecule is CNC(=O)c1[nH]cnc1C(=O)NC12CCC(C(=O)O)(CC1)C2. The fraction of sp³-hybridized carbons (Fsp3) is 0.571. The predicted molar refractivity (Wildman–Crippen MR) is 75.3 cm³/mol. The standard InChI is InChI=1S/C14H18N4O4/c1-15-10(19)8-9(17-7-16-8)11(20)18-14-4-2-13(6-14,3-5-14)12(21)22/h7H,2-6H2,1H3,(H,15,19)(H,16,17)(H,18,20)(H,21,22). The van der Waals surface area contributed by atoms with Crippen molar-refractivity contribution < 1.29 is 19.5 Å². The number of nitrogens with one attached hydrogen (secondary N) is 3. The van der Waals surface area contributed by atoms with Gasteiger partial charge in [-0.1, -0.05) is 0 Å². The fourth-order valence-corrected chi connectivity index (χ4v) is 3.73. The minimum atomic E-state index is -0.785. The number of imidazole rings is 1. The first-order chi connectivity index (χ1) is 10.4. The van der Waals surface area contributed by atoms with Crippen LogP contribution < -0.4 is 10.6 Å². The van der Waals surface area contributed by atoms with Crippen LogP contribution in [0.1, 0.15) is 53.1 Å². The molecule has 8 heteroatoms. The Morgan fingerprint density at radius 3 is 2.45 bits per heavy atom. The average molecular weight is 306 g/mol. The van der Waals surface area contributed by atoms with E-state index in [0.29, 0.717) is 32.1 Å². The van der Waals surface area contributed by atoms with E-state index in [4.69, 9.17) is 0 Å². The Balaban J connectivity index is 1.78. The van der Waals surface area contributed by atoms with Crippen molar-refractivity contribution in [2.75, 3.05) is 7.05 Å². The van der Waals surface area contributed by atoms with Gasteiger partial charge in [0, 0.05) is 12.6 Å². The van der Waals surface area contributed by atoms with Crippen molar-refractivity contribution in [1.82, 2.24) is 20.6 Å². The molecule has 1 aromatic rings. The van der Waals surface area contributed by atoms with E-state index in [1.165, 1.54) is 13.4 Å². The van der Waals surface area contributed by atoms with Crippen LogP contribution in [0.3, 0.4) is 0 Å². The molecule has 1 aromatic heterocycles. The summed E-state index contributed by atoms with van der Waals surface area (Å²) in [6.45, 7) is 0. The van der Waals surface area contributed by atoms with Gasteiger partial charge in [0.1, 0.15) is 5.69 Å². The molecule has 2 bridgehead atoms. The third kappa shape index (κ3) is 2.06. The molecule has 4 N–H and O–H groups in total. The molecule has 2 amide bonds.